The molecule has 0 fully saturated rings. The van der Waals surface area contributed by atoms with Gasteiger partial charge in [-0.25, -0.2) is 4.98 Å². The molecule has 7 nitrogen and oxygen atoms in total. The standard InChI is InChI=1S/C13H13N7/c1-8-3-4-9(2)10(5-8)11-17-12(14)19-13(18-11)20-7-15-6-16-20/h3-7H,1-2H3,(H2,14,17,18,19). The van der Waals surface area contributed by atoms with Gasteiger partial charge in [0.25, 0.3) is 5.95 Å². The van der Waals surface area contributed by atoms with E-state index in [-0.39, 0.29) is 5.95 Å². The molecular weight excluding hydrogens is 254 g/mol. The lowest BCUT2D eigenvalue weighted by Crippen LogP contribution is -2.08. The number of rotatable bonds is 2. The van der Waals surface area contributed by atoms with Crippen molar-refractivity contribution in [1.29, 1.82) is 0 Å². The molecule has 0 saturated heterocycles. The Bertz CT molecular complexity index is 749. The predicted octanol–water partition coefficient (Wildman–Crippen LogP) is 1.32. The Kier molecular flexibility index (Phi) is 2.86. The maximum absolute atomic E-state index is 5.77. The minimum Gasteiger partial charge on any atom is -0.368 e. The van der Waals surface area contributed by atoms with Crippen LogP contribution in [0.3, 0.4) is 0 Å². The number of hydrogen-bond donors (Lipinski definition) is 1. The summed E-state index contributed by atoms with van der Waals surface area (Å²) in [5.41, 5.74) is 8.90. The molecule has 2 heterocycles. The third kappa shape index (κ3) is 2.20. The van der Waals surface area contributed by atoms with Crippen LogP contribution in [0.5, 0.6) is 0 Å². The van der Waals surface area contributed by atoms with Crippen molar-refractivity contribution in [3.8, 4) is 17.3 Å². The highest BCUT2D eigenvalue weighted by Crippen LogP contribution is 2.22. The van der Waals surface area contributed by atoms with E-state index < -0.39 is 0 Å². The minimum absolute atomic E-state index is 0.154. The molecule has 2 N–H and O–H groups in total. The second-order valence-corrected chi connectivity index (χ2v) is 4.48. The molecule has 20 heavy (non-hydrogen) atoms. The summed E-state index contributed by atoms with van der Waals surface area (Å²) in [7, 11) is 0. The van der Waals surface area contributed by atoms with Crippen LogP contribution in [0.25, 0.3) is 17.3 Å². The molecule has 0 bridgehead atoms. The average Bonchev–Trinajstić information content (AvgIpc) is 2.95. The minimum atomic E-state index is 0.154. The van der Waals surface area contributed by atoms with E-state index in [0.717, 1.165) is 16.7 Å². The highest BCUT2D eigenvalue weighted by Gasteiger charge is 2.11. The average molecular weight is 267 g/mol. The molecule has 0 aliphatic heterocycles. The lowest BCUT2D eigenvalue weighted by Gasteiger charge is -2.08. The van der Waals surface area contributed by atoms with Crippen LogP contribution in [-0.2, 0) is 0 Å². The van der Waals surface area contributed by atoms with Crippen LogP contribution in [0.15, 0.2) is 30.9 Å². The Morgan fingerprint density at radius 3 is 2.70 bits per heavy atom. The second-order valence-electron chi connectivity index (χ2n) is 4.48. The molecular formula is C13H13N7. The molecule has 3 rings (SSSR count). The molecule has 0 aliphatic carbocycles. The van der Waals surface area contributed by atoms with Crippen molar-refractivity contribution in [2.45, 2.75) is 13.8 Å². The molecule has 0 spiro atoms. The van der Waals surface area contributed by atoms with E-state index in [0.29, 0.717) is 11.8 Å². The van der Waals surface area contributed by atoms with Crippen LogP contribution in [-0.4, -0.2) is 29.7 Å². The van der Waals surface area contributed by atoms with Crippen LogP contribution in [0.1, 0.15) is 11.1 Å². The van der Waals surface area contributed by atoms with Gasteiger partial charge in [-0.1, -0.05) is 17.7 Å². The molecule has 1 aromatic carbocycles. The fourth-order valence-corrected chi connectivity index (χ4v) is 1.89. The zero-order valence-electron chi connectivity index (χ0n) is 11.1. The van der Waals surface area contributed by atoms with Gasteiger partial charge in [0, 0.05) is 5.56 Å². The van der Waals surface area contributed by atoms with Crippen molar-refractivity contribution in [1.82, 2.24) is 29.7 Å². The largest absolute Gasteiger partial charge is 0.368 e. The monoisotopic (exact) mass is 267 g/mol. The molecule has 0 amide bonds. The van der Waals surface area contributed by atoms with E-state index in [1.165, 1.54) is 17.3 Å². The van der Waals surface area contributed by atoms with Gasteiger partial charge in [0.1, 0.15) is 12.7 Å². The van der Waals surface area contributed by atoms with Gasteiger partial charge in [-0.15, -0.1) is 0 Å². The highest BCUT2D eigenvalue weighted by molar-refractivity contribution is 5.62. The second kappa shape index (κ2) is 4.69. The van der Waals surface area contributed by atoms with Crippen molar-refractivity contribution < 1.29 is 0 Å². The summed E-state index contributed by atoms with van der Waals surface area (Å²) in [5, 5.41) is 4.00. The van der Waals surface area contributed by atoms with Crippen LogP contribution in [0, 0.1) is 13.8 Å². The predicted molar refractivity (Wildman–Crippen MR) is 74.1 cm³/mol. The van der Waals surface area contributed by atoms with Gasteiger partial charge < -0.3 is 5.73 Å². The lowest BCUT2D eigenvalue weighted by atomic mass is 10.1. The highest BCUT2D eigenvalue weighted by atomic mass is 15.4. The van der Waals surface area contributed by atoms with E-state index in [1.807, 2.05) is 32.0 Å². The number of nitrogens with zero attached hydrogens (tertiary/aromatic N) is 6. The Morgan fingerprint density at radius 2 is 1.95 bits per heavy atom. The number of aryl methyl sites for hydroxylation is 2. The number of aromatic nitrogens is 6. The molecule has 2 aromatic heterocycles. The Balaban J connectivity index is 2.17. The molecule has 0 saturated carbocycles. The van der Waals surface area contributed by atoms with Crippen LogP contribution in [0.4, 0.5) is 5.95 Å². The first-order valence-corrected chi connectivity index (χ1v) is 6.07. The smallest absolute Gasteiger partial charge is 0.257 e. The number of hydrogen-bond acceptors (Lipinski definition) is 6. The third-order valence-corrected chi connectivity index (χ3v) is 2.90. The number of anilines is 1. The first kappa shape index (κ1) is 12.2. The van der Waals surface area contributed by atoms with Gasteiger partial charge >= 0.3 is 0 Å². The molecule has 100 valence electrons. The molecule has 0 atom stereocenters. The summed E-state index contributed by atoms with van der Waals surface area (Å²) in [4.78, 5) is 16.6. The Morgan fingerprint density at radius 1 is 1.10 bits per heavy atom. The van der Waals surface area contributed by atoms with Crippen LogP contribution in [0.2, 0.25) is 0 Å². The Labute approximate surface area is 115 Å². The summed E-state index contributed by atoms with van der Waals surface area (Å²) < 4.78 is 1.45. The fourth-order valence-electron chi connectivity index (χ4n) is 1.89. The number of nitrogen functional groups attached to an aromatic ring is 1. The molecule has 0 unspecified atom stereocenters. The van der Waals surface area contributed by atoms with Gasteiger partial charge in [0.2, 0.25) is 5.95 Å². The van der Waals surface area contributed by atoms with E-state index in [1.54, 1.807) is 0 Å². The zero-order chi connectivity index (χ0) is 14.1. The summed E-state index contributed by atoms with van der Waals surface area (Å²) in [6, 6.07) is 6.09. The number of benzene rings is 1. The SMILES string of the molecule is Cc1ccc(C)c(-c2nc(N)nc(-n3cncn3)n2)c1. The van der Waals surface area contributed by atoms with Gasteiger partial charge in [-0.3, -0.25) is 0 Å². The van der Waals surface area contributed by atoms with Crippen LogP contribution >= 0.6 is 0 Å². The Hall–Kier alpha value is -2.83. The normalized spacial score (nSPS) is 10.7. The maximum atomic E-state index is 5.77. The molecule has 7 heteroatoms. The van der Waals surface area contributed by atoms with E-state index in [9.17, 15) is 0 Å². The molecule has 3 aromatic rings. The number of nitrogens with two attached hydrogens (primary N) is 1. The maximum Gasteiger partial charge on any atom is 0.257 e. The quantitative estimate of drug-likeness (QED) is 0.752. The van der Waals surface area contributed by atoms with Gasteiger partial charge in [-0.05, 0) is 25.5 Å². The zero-order valence-corrected chi connectivity index (χ0v) is 11.1. The molecule has 0 aliphatic rings. The summed E-state index contributed by atoms with van der Waals surface area (Å²) in [5.74, 6) is 1.04. The van der Waals surface area contributed by atoms with Crippen molar-refractivity contribution >= 4 is 5.95 Å². The van der Waals surface area contributed by atoms with Gasteiger partial charge in [-0.2, -0.15) is 24.7 Å². The van der Waals surface area contributed by atoms with Crippen molar-refractivity contribution in [2.24, 2.45) is 0 Å². The molecule has 0 radical (unpaired) electrons. The summed E-state index contributed by atoms with van der Waals surface area (Å²) >= 11 is 0. The van der Waals surface area contributed by atoms with Crippen LogP contribution < -0.4 is 5.73 Å². The van der Waals surface area contributed by atoms with E-state index in [2.05, 4.69) is 25.0 Å². The van der Waals surface area contributed by atoms with Crippen molar-refractivity contribution in [2.75, 3.05) is 5.73 Å². The summed E-state index contributed by atoms with van der Waals surface area (Å²) in [6.45, 7) is 4.02. The van der Waals surface area contributed by atoms with E-state index >= 15 is 0 Å². The van der Waals surface area contributed by atoms with Crippen molar-refractivity contribution in [3.05, 3.63) is 42.0 Å². The summed E-state index contributed by atoms with van der Waals surface area (Å²) in [6.07, 6.45) is 2.93. The topological polar surface area (TPSA) is 95.4 Å². The third-order valence-electron chi connectivity index (χ3n) is 2.90. The lowest BCUT2D eigenvalue weighted by molar-refractivity contribution is 0.799. The fraction of sp³-hybridized carbons (Fsp3) is 0.154. The van der Waals surface area contributed by atoms with Gasteiger partial charge in [0.15, 0.2) is 5.82 Å². The van der Waals surface area contributed by atoms with Crippen molar-refractivity contribution in [3.63, 3.8) is 0 Å². The first-order valence-electron chi connectivity index (χ1n) is 6.07. The van der Waals surface area contributed by atoms with E-state index in [4.69, 9.17) is 5.73 Å². The van der Waals surface area contributed by atoms with Gasteiger partial charge in [0.05, 0.1) is 0 Å². The first-order chi connectivity index (χ1) is 9.63.